The van der Waals surface area contributed by atoms with Crippen LogP contribution in [-0.2, 0) is 11.3 Å². The number of hydrogen-bond acceptors (Lipinski definition) is 3. The average molecular weight is 249 g/mol. The number of nitrogens with zero attached hydrogens (tertiary/aromatic N) is 2. The summed E-state index contributed by atoms with van der Waals surface area (Å²) < 4.78 is 13.2. The Bertz CT molecular complexity index is 468. The monoisotopic (exact) mass is 249 g/mol. The zero-order valence-electron chi connectivity index (χ0n) is 10.5. The van der Waals surface area contributed by atoms with Crippen LogP contribution >= 0.6 is 0 Å². The molecule has 1 amide bonds. The number of hydrogen-bond donors (Lipinski definition) is 1. The molecule has 0 aliphatic carbocycles. The highest BCUT2D eigenvalue weighted by Gasteiger charge is 2.10. The summed E-state index contributed by atoms with van der Waals surface area (Å²) >= 11 is 0. The number of halogens is 1. The number of amides is 1. The maximum absolute atomic E-state index is 13.2. The highest BCUT2D eigenvalue weighted by Crippen LogP contribution is 2.11. The second-order valence-electron chi connectivity index (χ2n) is 3.90. The number of rotatable bonds is 5. The lowest BCUT2D eigenvalue weighted by molar-refractivity contribution is -0.121. The normalized spacial score (nSPS) is 10.2. The van der Waals surface area contributed by atoms with Gasteiger partial charge in [-0.15, -0.1) is 0 Å². The Hall–Kier alpha value is -1.93. The van der Waals surface area contributed by atoms with Gasteiger partial charge in [0.1, 0.15) is 11.9 Å². The van der Waals surface area contributed by atoms with Crippen molar-refractivity contribution in [2.45, 2.75) is 13.5 Å². The van der Waals surface area contributed by atoms with Crippen LogP contribution in [0, 0.1) is 17.1 Å². The molecule has 0 aliphatic heterocycles. The van der Waals surface area contributed by atoms with Crippen LogP contribution in [0.25, 0.3) is 0 Å². The largest absolute Gasteiger partial charge is 0.358 e. The minimum absolute atomic E-state index is 0.0310. The van der Waals surface area contributed by atoms with Crippen molar-refractivity contribution in [3.05, 3.63) is 35.1 Å². The maximum atomic E-state index is 13.2. The van der Waals surface area contributed by atoms with E-state index >= 15 is 0 Å². The molecule has 1 N–H and O–H groups in total. The van der Waals surface area contributed by atoms with Crippen molar-refractivity contribution >= 4 is 5.91 Å². The molecular formula is C13H16FN3O. The number of carbonyl (C=O) groups is 1. The van der Waals surface area contributed by atoms with Crippen LogP contribution in [0.4, 0.5) is 4.39 Å². The Morgan fingerprint density at radius 3 is 2.83 bits per heavy atom. The van der Waals surface area contributed by atoms with Crippen molar-refractivity contribution < 1.29 is 9.18 Å². The first kappa shape index (κ1) is 14.1. The number of nitrogens with one attached hydrogen (secondary N) is 1. The van der Waals surface area contributed by atoms with Gasteiger partial charge in [-0.25, -0.2) is 4.39 Å². The van der Waals surface area contributed by atoms with Gasteiger partial charge in [-0.2, -0.15) is 5.26 Å². The van der Waals surface area contributed by atoms with Crippen molar-refractivity contribution in [2.24, 2.45) is 0 Å². The third kappa shape index (κ3) is 3.82. The van der Waals surface area contributed by atoms with Crippen LogP contribution in [0.15, 0.2) is 18.2 Å². The minimum atomic E-state index is -0.518. The Labute approximate surface area is 106 Å². The third-order valence-corrected chi connectivity index (χ3v) is 2.65. The van der Waals surface area contributed by atoms with E-state index in [1.807, 2.05) is 11.8 Å². The molecule has 0 unspecified atom stereocenters. The minimum Gasteiger partial charge on any atom is -0.358 e. The Morgan fingerprint density at radius 1 is 1.56 bits per heavy atom. The van der Waals surface area contributed by atoms with E-state index in [4.69, 9.17) is 5.26 Å². The zero-order chi connectivity index (χ0) is 13.5. The molecular weight excluding hydrogens is 233 g/mol. The van der Waals surface area contributed by atoms with Crippen LogP contribution in [0.3, 0.4) is 0 Å². The van der Waals surface area contributed by atoms with Gasteiger partial charge in [-0.3, -0.25) is 9.69 Å². The lowest BCUT2D eigenvalue weighted by Gasteiger charge is -2.19. The predicted molar refractivity (Wildman–Crippen MR) is 66.1 cm³/mol. The summed E-state index contributed by atoms with van der Waals surface area (Å²) in [5.74, 6) is -0.588. The molecule has 0 fully saturated rings. The molecule has 1 rings (SSSR count). The van der Waals surface area contributed by atoms with Gasteiger partial charge in [0.15, 0.2) is 0 Å². The molecule has 0 aliphatic rings. The summed E-state index contributed by atoms with van der Waals surface area (Å²) in [5, 5.41) is 11.3. The lowest BCUT2D eigenvalue weighted by Crippen LogP contribution is -2.35. The quantitative estimate of drug-likeness (QED) is 0.854. The fourth-order valence-electron chi connectivity index (χ4n) is 1.58. The van der Waals surface area contributed by atoms with E-state index in [1.54, 1.807) is 19.2 Å². The first-order chi connectivity index (χ1) is 8.60. The van der Waals surface area contributed by atoms with Crippen LogP contribution in [0.2, 0.25) is 0 Å². The topological polar surface area (TPSA) is 56.1 Å². The number of nitriles is 1. The second kappa shape index (κ2) is 6.72. The maximum Gasteiger partial charge on any atom is 0.233 e. The van der Waals surface area contributed by atoms with Crippen molar-refractivity contribution in [1.82, 2.24) is 10.2 Å². The van der Waals surface area contributed by atoms with E-state index in [1.165, 1.54) is 12.1 Å². The number of benzene rings is 1. The highest BCUT2D eigenvalue weighted by atomic mass is 19.1. The summed E-state index contributed by atoms with van der Waals surface area (Å²) in [6, 6.07) is 6.23. The van der Waals surface area contributed by atoms with Gasteiger partial charge >= 0.3 is 0 Å². The van der Waals surface area contributed by atoms with Crippen LogP contribution in [-0.4, -0.2) is 30.9 Å². The van der Waals surface area contributed by atoms with Crippen molar-refractivity contribution in [3.63, 3.8) is 0 Å². The first-order valence-electron chi connectivity index (χ1n) is 5.72. The smallest absolute Gasteiger partial charge is 0.233 e. The molecule has 0 bridgehead atoms. The van der Waals surface area contributed by atoms with Crippen LogP contribution < -0.4 is 5.32 Å². The standard InChI is InChI=1S/C13H16FN3O/c1-3-17(9-13(18)16-2)8-10-4-5-12(14)11(6-10)7-15/h4-6H,3,8-9H2,1-2H3,(H,16,18). The van der Waals surface area contributed by atoms with Crippen molar-refractivity contribution in [2.75, 3.05) is 20.1 Å². The van der Waals surface area contributed by atoms with Gasteiger partial charge in [0, 0.05) is 13.6 Å². The second-order valence-corrected chi connectivity index (χ2v) is 3.90. The SMILES string of the molecule is CCN(CC(=O)NC)Cc1ccc(F)c(C#N)c1. The van der Waals surface area contributed by atoms with Gasteiger partial charge < -0.3 is 5.32 Å². The lowest BCUT2D eigenvalue weighted by atomic mass is 10.1. The summed E-state index contributed by atoms with van der Waals surface area (Å²) in [4.78, 5) is 13.2. The molecule has 0 heterocycles. The predicted octanol–water partition coefficient (Wildman–Crippen LogP) is 1.27. The number of likely N-dealkylation sites (N-methyl/N-ethyl adjacent to an activating group) is 2. The third-order valence-electron chi connectivity index (χ3n) is 2.65. The Balaban J connectivity index is 2.76. The van der Waals surface area contributed by atoms with E-state index in [2.05, 4.69) is 5.32 Å². The zero-order valence-corrected chi connectivity index (χ0v) is 10.5. The summed E-state index contributed by atoms with van der Waals surface area (Å²) in [7, 11) is 1.59. The molecule has 0 spiro atoms. The molecule has 0 radical (unpaired) electrons. The van der Waals surface area contributed by atoms with Crippen molar-refractivity contribution in [3.8, 4) is 6.07 Å². The Kier molecular flexibility index (Phi) is 5.28. The van der Waals surface area contributed by atoms with Gasteiger partial charge in [-0.1, -0.05) is 13.0 Å². The first-order valence-corrected chi connectivity index (χ1v) is 5.72. The summed E-state index contributed by atoms with van der Waals surface area (Å²) in [6.07, 6.45) is 0. The molecule has 4 nitrogen and oxygen atoms in total. The molecule has 1 aromatic carbocycles. The Morgan fingerprint density at radius 2 is 2.28 bits per heavy atom. The van der Waals surface area contributed by atoms with Gasteiger partial charge in [0.05, 0.1) is 12.1 Å². The van der Waals surface area contributed by atoms with E-state index in [0.29, 0.717) is 13.1 Å². The molecule has 0 atom stereocenters. The van der Waals surface area contributed by atoms with E-state index in [-0.39, 0.29) is 18.0 Å². The molecule has 0 aromatic heterocycles. The molecule has 18 heavy (non-hydrogen) atoms. The van der Waals surface area contributed by atoms with E-state index in [0.717, 1.165) is 5.56 Å². The van der Waals surface area contributed by atoms with Crippen LogP contribution in [0.5, 0.6) is 0 Å². The van der Waals surface area contributed by atoms with Crippen LogP contribution in [0.1, 0.15) is 18.1 Å². The molecule has 0 saturated carbocycles. The van der Waals surface area contributed by atoms with E-state index in [9.17, 15) is 9.18 Å². The fourth-order valence-corrected chi connectivity index (χ4v) is 1.58. The fraction of sp³-hybridized carbons (Fsp3) is 0.385. The van der Waals surface area contributed by atoms with E-state index < -0.39 is 5.82 Å². The molecule has 1 aromatic rings. The molecule has 5 heteroatoms. The van der Waals surface area contributed by atoms with Gasteiger partial charge in [-0.05, 0) is 24.2 Å². The van der Waals surface area contributed by atoms with Crippen molar-refractivity contribution in [1.29, 1.82) is 5.26 Å². The van der Waals surface area contributed by atoms with Gasteiger partial charge in [0.25, 0.3) is 0 Å². The summed E-state index contributed by atoms with van der Waals surface area (Å²) in [6.45, 7) is 3.44. The molecule has 0 saturated heterocycles. The average Bonchev–Trinajstić information content (AvgIpc) is 2.39. The summed E-state index contributed by atoms with van der Waals surface area (Å²) in [5.41, 5.74) is 0.849. The number of carbonyl (C=O) groups excluding carboxylic acids is 1. The van der Waals surface area contributed by atoms with Gasteiger partial charge in [0.2, 0.25) is 5.91 Å². The molecule has 96 valence electrons. The highest BCUT2D eigenvalue weighted by molar-refractivity contribution is 5.77.